The van der Waals surface area contributed by atoms with E-state index in [1.165, 1.54) is 7.11 Å². The zero-order valence-corrected chi connectivity index (χ0v) is 9.30. The molecule has 0 amide bonds. The monoisotopic (exact) mass is 222 g/mol. The standard InChI is InChI=1S/C12H14O4/c1-3-16-12(14)10(8-13)9-6-4-5-7-11(9)15-2/h4-8,10H,3H2,1-2H3. The Hall–Kier alpha value is -1.84. The summed E-state index contributed by atoms with van der Waals surface area (Å²) in [5.74, 6) is -0.967. The summed E-state index contributed by atoms with van der Waals surface area (Å²) in [5.41, 5.74) is 0.526. The first-order valence-corrected chi connectivity index (χ1v) is 4.99. The molecule has 1 aromatic carbocycles. The van der Waals surface area contributed by atoms with E-state index in [9.17, 15) is 9.59 Å². The van der Waals surface area contributed by atoms with Crippen molar-refractivity contribution in [3.8, 4) is 5.75 Å². The fraction of sp³-hybridized carbons (Fsp3) is 0.333. The van der Waals surface area contributed by atoms with Crippen LogP contribution in [0.5, 0.6) is 5.75 Å². The van der Waals surface area contributed by atoms with E-state index >= 15 is 0 Å². The van der Waals surface area contributed by atoms with Crippen molar-refractivity contribution in [3.63, 3.8) is 0 Å². The Balaban J connectivity index is 3.03. The fourth-order valence-corrected chi connectivity index (χ4v) is 1.41. The summed E-state index contributed by atoms with van der Waals surface area (Å²) in [6.45, 7) is 1.94. The molecule has 0 N–H and O–H groups in total. The molecule has 86 valence electrons. The zero-order valence-electron chi connectivity index (χ0n) is 9.30. The van der Waals surface area contributed by atoms with E-state index in [-0.39, 0.29) is 6.61 Å². The molecule has 4 nitrogen and oxygen atoms in total. The van der Waals surface area contributed by atoms with Crippen molar-refractivity contribution < 1.29 is 19.1 Å². The Morgan fingerprint density at radius 2 is 2.12 bits per heavy atom. The largest absolute Gasteiger partial charge is 0.496 e. The minimum absolute atomic E-state index is 0.248. The van der Waals surface area contributed by atoms with Crippen LogP contribution in [0, 0.1) is 0 Å². The number of rotatable bonds is 5. The van der Waals surface area contributed by atoms with Crippen LogP contribution in [0.3, 0.4) is 0 Å². The van der Waals surface area contributed by atoms with Crippen LogP contribution in [0.25, 0.3) is 0 Å². The third-order valence-electron chi connectivity index (χ3n) is 2.15. The van der Waals surface area contributed by atoms with Crippen LogP contribution in [0.4, 0.5) is 0 Å². The van der Waals surface area contributed by atoms with Gasteiger partial charge in [0.25, 0.3) is 0 Å². The van der Waals surface area contributed by atoms with E-state index in [0.29, 0.717) is 17.6 Å². The SMILES string of the molecule is CCOC(=O)C(C=O)c1ccccc1OC. The summed E-state index contributed by atoms with van der Waals surface area (Å²) in [6.07, 6.45) is 0.565. The number of para-hydroxylation sites is 1. The molecular formula is C12H14O4. The van der Waals surface area contributed by atoms with Gasteiger partial charge in [0, 0.05) is 5.56 Å². The summed E-state index contributed by atoms with van der Waals surface area (Å²) in [6, 6.07) is 6.89. The Bertz CT molecular complexity index is 373. The minimum atomic E-state index is -0.920. The fourth-order valence-electron chi connectivity index (χ4n) is 1.41. The average Bonchev–Trinajstić information content (AvgIpc) is 2.31. The second kappa shape index (κ2) is 5.90. The molecule has 0 fully saturated rings. The number of hydrogen-bond donors (Lipinski definition) is 0. The van der Waals surface area contributed by atoms with Gasteiger partial charge >= 0.3 is 5.97 Å². The Kier molecular flexibility index (Phi) is 4.51. The molecule has 0 aliphatic heterocycles. The predicted octanol–water partition coefficient (Wildman–Crippen LogP) is 1.54. The molecule has 1 rings (SSSR count). The molecule has 1 unspecified atom stereocenters. The van der Waals surface area contributed by atoms with Crippen LogP contribution in [0.15, 0.2) is 24.3 Å². The van der Waals surface area contributed by atoms with Crippen LogP contribution < -0.4 is 4.74 Å². The van der Waals surface area contributed by atoms with Gasteiger partial charge in [-0.15, -0.1) is 0 Å². The highest BCUT2D eigenvalue weighted by Crippen LogP contribution is 2.25. The minimum Gasteiger partial charge on any atom is -0.496 e. The summed E-state index contributed by atoms with van der Waals surface area (Å²) < 4.78 is 9.91. The van der Waals surface area contributed by atoms with Crippen molar-refractivity contribution in [2.24, 2.45) is 0 Å². The number of methoxy groups -OCH3 is 1. The van der Waals surface area contributed by atoms with Crippen molar-refractivity contribution in [1.82, 2.24) is 0 Å². The van der Waals surface area contributed by atoms with Crippen molar-refractivity contribution in [2.75, 3.05) is 13.7 Å². The van der Waals surface area contributed by atoms with Gasteiger partial charge in [-0.3, -0.25) is 4.79 Å². The zero-order chi connectivity index (χ0) is 12.0. The van der Waals surface area contributed by atoms with Gasteiger partial charge in [0.2, 0.25) is 0 Å². The van der Waals surface area contributed by atoms with Gasteiger partial charge in [0.15, 0.2) is 0 Å². The van der Waals surface area contributed by atoms with Gasteiger partial charge in [0.1, 0.15) is 18.0 Å². The van der Waals surface area contributed by atoms with Crippen molar-refractivity contribution in [3.05, 3.63) is 29.8 Å². The molecule has 0 saturated heterocycles. The Morgan fingerprint density at radius 3 is 2.69 bits per heavy atom. The second-order valence-electron chi connectivity index (χ2n) is 3.11. The summed E-state index contributed by atoms with van der Waals surface area (Å²) >= 11 is 0. The molecule has 0 aliphatic carbocycles. The predicted molar refractivity (Wildman–Crippen MR) is 58.4 cm³/mol. The molecule has 0 aliphatic rings. The van der Waals surface area contributed by atoms with Crippen LogP contribution in [0.1, 0.15) is 18.4 Å². The highest BCUT2D eigenvalue weighted by Gasteiger charge is 2.24. The first-order chi connectivity index (χ1) is 7.74. The average molecular weight is 222 g/mol. The lowest BCUT2D eigenvalue weighted by atomic mass is 10.00. The summed E-state index contributed by atoms with van der Waals surface area (Å²) in [7, 11) is 1.49. The molecule has 0 saturated carbocycles. The number of ether oxygens (including phenoxy) is 2. The quantitative estimate of drug-likeness (QED) is 0.431. The molecule has 1 atom stereocenters. The van der Waals surface area contributed by atoms with Crippen LogP contribution in [0.2, 0.25) is 0 Å². The van der Waals surface area contributed by atoms with Crippen molar-refractivity contribution in [1.29, 1.82) is 0 Å². The molecule has 0 bridgehead atoms. The number of benzene rings is 1. The number of esters is 1. The van der Waals surface area contributed by atoms with E-state index in [0.717, 1.165) is 0 Å². The van der Waals surface area contributed by atoms with E-state index < -0.39 is 11.9 Å². The molecule has 0 aromatic heterocycles. The third-order valence-corrected chi connectivity index (χ3v) is 2.15. The van der Waals surface area contributed by atoms with Crippen LogP contribution in [-0.2, 0) is 14.3 Å². The molecule has 0 radical (unpaired) electrons. The van der Waals surface area contributed by atoms with Crippen molar-refractivity contribution >= 4 is 12.3 Å². The maximum absolute atomic E-state index is 11.5. The van der Waals surface area contributed by atoms with Gasteiger partial charge in [-0.25, -0.2) is 0 Å². The molecule has 4 heteroatoms. The topological polar surface area (TPSA) is 52.6 Å². The first-order valence-electron chi connectivity index (χ1n) is 4.99. The van der Waals surface area contributed by atoms with Gasteiger partial charge < -0.3 is 14.3 Å². The molecular weight excluding hydrogens is 208 g/mol. The van der Waals surface area contributed by atoms with E-state index in [1.54, 1.807) is 31.2 Å². The highest BCUT2D eigenvalue weighted by molar-refractivity contribution is 5.94. The second-order valence-corrected chi connectivity index (χ2v) is 3.11. The van der Waals surface area contributed by atoms with E-state index in [1.807, 2.05) is 0 Å². The lowest BCUT2D eigenvalue weighted by molar-refractivity contribution is -0.146. The van der Waals surface area contributed by atoms with Gasteiger partial charge in [-0.1, -0.05) is 18.2 Å². The third kappa shape index (κ3) is 2.59. The molecule has 1 aromatic rings. The molecule has 0 spiro atoms. The maximum atomic E-state index is 11.5. The van der Waals surface area contributed by atoms with Gasteiger partial charge in [-0.05, 0) is 13.0 Å². The van der Waals surface area contributed by atoms with Crippen LogP contribution in [-0.4, -0.2) is 26.0 Å². The maximum Gasteiger partial charge on any atom is 0.320 e. The number of hydrogen-bond acceptors (Lipinski definition) is 4. The number of carbonyl (C=O) groups excluding carboxylic acids is 2. The normalized spacial score (nSPS) is 11.6. The number of carbonyl (C=O) groups is 2. The first kappa shape index (κ1) is 12.2. The summed E-state index contributed by atoms with van der Waals surface area (Å²) in [5, 5.41) is 0. The Labute approximate surface area is 94.2 Å². The van der Waals surface area contributed by atoms with Crippen molar-refractivity contribution in [2.45, 2.75) is 12.8 Å². The van der Waals surface area contributed by atoms with Gasteiger partial charge in [0.05, 0.1) is 13.7 Å². The molecule has 0 heterocycles. The smallest absolute Gasteiger partial charge is 0.320 e. The number of aldehydes is 1. The molecule has 16 heavy (non-hydrogen) atoms. The highest BCUT2D eigenvalue weighted by atomic mass is 16.5. The van der Waals surface area contributed by atoms with Crippen LogP contribution >= 0.6 is 0 Å². The summed E-state index contributed by atoms with van der Waals surface area (Å²) in [4.78, 5) is 22.5. The Morgan fingerprint density at radius 1 is 1.44 bits per heavy atom. The van der Waals surface area contributed by atoms with Gasteiger partial charge in [-0.2, -0.15) is 0 Å². The lowest BCUT2D eigenvalue weighted by Gasteiger charge is -2.13. The van der Waals surface area contributed by atoms with E-state index in [4.69, 9.17) is 9.47 Å². The lowest BCUT2D eigenvalue weighted by Crippen LogP contribution is -2.17. The van der Waals surface area contributed by atoms with E-state index in [2.05, 4.69) is 0 Å².